The molecule has 31 heavy (non-hydrogen) atoms. The SMILES string of the molecule is COC(=O)CN1CCN(c2nc(CSc3ccc(Cl)cc3)nc3sc(C)c(C)c23)CC1. The van der Waals surface area contributed by atoms with Crippen molar-refractivity contribution in [3.63, 3.8) is 0 Å². The number of carbonyl (C=O) groups excluding carboxylic acids is 1. The van der Waals surface area contributed by atoms with E-state index in [1.54, 1.807) is 23.1 Å². The Morgan fingerprint density at radius 3 is 2.55 bits per heavy atom. The number of carbonyl (C=O) groups is 1. The molecule has 1 aromatic carbocycles. The maximum absolute atomic E-state index is 11.6. The number of halogens is 1. The number of hydrogen-bond acceptors (Lipinski definition) is 8. The summed E-state index contributed by atoms with van der Waals surface area (Å²) in [6.45, 7) is 7.87. The first-order valence-corrected chi connectivity index (χ1v) is 12.3. The maximum Gasteiger partial charge on any atom is 0.319 e. The number of fused-ring (bicyclic) bond motifs is 1. The highest BCUT2D eigenvalue weighted by Gasteiger charge is 2.24. The summed E-state index contributed by atoms with van der Waals surface area (Å²) in [4.78, 5) is 29.4. The minimum absolute atomic E-state index is 0.191. The fourth-order valence-electron chi connectivity index (χ4n) is 3.61. The zero-order valence-corrected chi connectivity index (χ0v) is 20.2. The molecule has 1 aliphatic rings. The van der Waals surface area contributed by atoms with E-state index in [0.29, 0.717) is 12.3 Å². The summed E-state index contributed by atoms with van der Waals surface area (Å²) in [6.07, 6.45) is 0. The van der Waals surface area contributed by atoms with Crippen molar-refractivity contribution in [3.8, 4) is 0 Å². The van der Waals surface area contributed by atoms with Crippen molar-refractivity contribution in [3.05, 3.63) is 45.6 Å². The highest BCUT2D eigenvalue weighted by atomic mass is 35.5. The zero-order chi connectivity index (χ0) is 22.0. The van der Waals surface area contributed by atoms with Gasteiger partial charge in [-0.1, -0.05) is 11.6 Å². The van der Waals surface area contributed by atoms with Gasteiger partial charge in [0.1, 0.15) is 16.5 Å². The van der Waals surface area contributed by atoms with Crippen LogP contribution in [0.3, 0.4) is 0 Å². The second-order valence-electron chi connectivity index (χ2n) is 7.51. The number of thiophene rings is 1. The number of hydrogen-bond donors (Lipinski definition) is 0. The molecular weight excluding hydrogens is 452 g/mol. The number of nitrogens with zero attached hydrogens (tertiary/aromatic N) is 4. The van der Waals surface area contributed by atoms with Crippen molar-refractivity contribution >= 4 is 56.7 Å². The van der Waals surface area contributed by atoms with Gasteiger partial charge in [-0.3, -0.25) is 9.69 Å². The molecular formula is C22H25ClN4O2S2. The molecule has 6 nitrogen and oxygen atoms in total. The van der Waals surface area contributed by atoms with Crippen LogP contribution in [0, 0.1) is 13.8 Å². The summed E-state index contributed by atoms with van der Waals surface area (Å²) < 4.78 is 4.80. The van der Waals surface area contributed by atoms with E-state index in [4.69, 9.17) is 26.3 Å². The molecule has 0 aliphatic carbocycles. The standard InChI is InChI=1S/C22H25ClN4O2S2/c1-14-15(2)31-22-20(14)21(27-10-8-26(9-11-27)12-19(28)29-3)24-18(25-22)13-30-17-6-4-16(23)5-7-17/h4-7H,8-13H2,1-3H3. The molecule has 0 spiro atoms. The van der Waals surface area contributed by atoms with E-state index < -0.39 is 0 Å². The molecule has 1 fully saturated rings. The van der Waals surface area contributed by atoms with E-state index in [1.807, 2.05) is 24.3 Å². The molecule has 9 heteroatoms. The predicted octanol–water partition coefficient (Wildman–Crippen LogP) is 4.55. The molecule has 3 aromatic rings. The number of benzene rings is 1. The van der Waals surface area contributed by atoms with Crippen molar-refractivity contribution in [2.45, 2.75) is 24.5 Å². The summed E-state index contributed by atoms with van der Waals surface area (Å²) in [6, 6.07) is 7.84. The Hall–Kier alpha value is -1.87. The second kappa shape index (κ2) is 9.73. The lowest BCUT2D eigenvalue weighted by molar-refractivity contribution is -0.142. The van der Waals surface area contributed by atoms with Gasteiger partial charge in [0.05, 0.1) is 24.8 Å². The van der Waals surface area contributed by atoms with Gasteiger partial charge >= 0.3 is 5.97 Å². The zero-order valence-electron chi connectivity index (χ0n) is 17.9. The Labute approximate surface area is 195 Å². The monoisotopic (exact) mass is 476 g/mol. The molecule has 1 saturated heterocycles. The van der Waals surface area contributed by atoms with Crippen LogP contribution in [0.4, 0.5) is 5.82 Å². The van der Waals surface area contributed by atoms with E-state index in [1.165, 1.54) is 17.6 Å². The van der Waals surface area contributed by atoms with Gasteiger partial charge in [0.2, 0.25) is 0 Å². The first-order chi connectivity index (χ1) is 14.9. The van der Waals surface area contributed by atoms with Crippen LogP contribution in [0.1, 0.15) is 16.3 Å². The summed E-state index contributed by atoms with van der Waals surface area (Å²) in [5, 5.41) is 1.89. The van der Waals surface area contributed by atoms with E-state index in [-0.39, 0.29) is 5.97 Å². The molecule has 4 rings (SSSR count). The van der Waals surface area contributed by atoms with Gasteiger partial charge in [0, 0.05) is 41.0 Å². The minimum atomic E-state index is -0.191. The van der Waals surface area contributed by atoms with Crippen LogP contribution < -0.4 is 4.90 Å². The normalized spacial score (nSPS) is 14.9. The molecule has 0 bridgehead atoms. The van der Waals surface area contributed by atoms with Crippen LogP contribution in [0.25, 0.3) is 10.2 Å². The van der Waals surface area contributed by atoms with Gasteiger partial charge in [-0.25, -0.2) is 9.97 Å². The molecule has 0 unspecified atom stereocenters. The third-order valence-electron chi connectivity index (χ3n) is 5.49. The number of thioether (sulfide) groups is 1. The van der Waals surface area contributed by atoms with Gasteiger partial charge in [0.25, 0.3) is 0 Å². The number of piperazine rings is 1. The first kappa shape index (κ1) is 22.3. The fraction of sp³-hybridized carbons (Fsp3) is 0.409. The molecule has 1 aliphatic heterocycles. The Bertz CT molecular complexity index is 1080. The van der Waals surface area contributed by atoms with Crippen molar-refractivity contribution in [2.75, 3.05) is 44.7 Å². The van der Waals surface area contributed by atoms with Crippen molar-refractivity contribution in [2.24, 2.45) is 0 Å². The highest BCUT2D eigenvalue weighted by Crippen LogP contribution is 2.36. The van der Waals surface area contributed by atoms with Crippen LogP contribution >= 0.6 is 34.7 Å². The summed E-state index contributed by atoms with van der Waals surface area (Å²) >= 11 is 9.44. The van der Waals surface area contributed by atoms with Crippen molar-refractivity contribution < 1.29 is 9.53 Å². The summed E-state index contributed by atoms with van der Waals surface area (Å²) in [5.41, 5.74) is 1.25. The molecule has 0 N–H and O–H groups in total. The van der Waals surface area contributed by atoms with Gasteiger partial charge in [0.15, 0.2) is 0 Å². The molecule has 0 atom stereocenters. The average Bonchev–Trinajstić information content (AvgIpc) is 3.06. The van der Waals surface area contributed by atoms with Crippen LogP contribution in [0.5, 0.6) is 0 Å². The average molecular weight is 477 g/mol. The Kier molecular flexibility index (Phi) is 7.01. The van der Waals surface area contributed by atoms with Gasteiger partial charge in [-0.2, -0.15) is 0 Å². The molecule has 0 saturated carbocycles. The van der Waals surface area contributed by atoms with E-state index in [2.05, 4.69) is 23.6 Å². The fourth-order valence-corrected chi connectivity index (χ4v) is 5.53. The predicted molar refractivity (Wildman–Crippen MR) is 129 cm³/mol. The molecule has 0 amide bonds. The lowest BCUT2D eigenvalue weighted by Gasteiger charge is -2.35. The summed E-state index contributed by atoms with van der Waals surface area (Å²) in [7, 11) is 1.43. The number of aromatic nitrogens is 2. The maximum atomic E-state index is 11.6. The van der Waals surface area contributed by atoms with E-state index in [0.717, 1.165) is 58.0 Å². The van der Waals surface area contributed by atoms with Crippen molar-refractivity contribution in [1.29, 1.82) is 0 Å². The minimum Gasteiger partial charge on any atom is -0.468 e. The largest absolute Gasteiger partial charge is 0.468 e. The lowest BCUT2D eigenvalue weighted by atomic mass is 10.2. The number of methoxy groups -OCH3 is 1. The molecule has 3 heterocycles. The number of anilines is 1. The Morgan fingerprint density at radius 1 is 1.16 bits per heavy atom. The van der Waals surface area contributed by atoms with Crippen LogP contribution in [-0.2, 0) is 15.3 Å². The molecule has 164 valence electrons. The number of rotatable bonds is 6. The van der Waals surface area contributed by atoms with Crippen LogP contribution in [-0.4, -0.2) is 60.7 Å². The lowest BCUT2D eigenvalue weighted by Crippen LogP contribution is -2.48. The quantitative estimate of drug-likeness (QED) is 0.382. The summed E-state index contributed by atoms with van der Waals surface area (Å²) in [5.74, 6) is 2.35. The highest BCUT2D eigenvalue weighted by molar-refractivity contribution is 7.98. The van der Waals surface area contributed by atoms with Crippen molar-refractivity contribution in [1.82, 2.24) is 14.9 Å². The molecule has 2 aromatic heterocycles. The third kappa shape index (κ3) is 5.14. The van der Waals surface area contributed by atoms with Gasteiger partial charge in [-0.05, 0) is 43.7 Å². The van der Waals surface area contributed by atoms with Crippen LogP contribution in [0.2, 0.25) is 5.02 Å². The second-order valence-corrected chi connectivity index (χ2v) is 10.2. The Balaban J connectivity index is 1.56. The number of aryl methyl sites for hydroxylation is 2. The number of ether oxygens (including phenoxy) is 1. The topological polar surface area (TPSA) is 58.6 Å². The van der Waals surface area contributed by atoms with Crippen LogP contribution in [0.15, 0.2) is 29.2 Å². The number of esters is 1. The third-order valence-corrected chi connectivity index (χ3v) is 7.85. The Morgan fingerprint density at radius 2 is 1.87 bits per heavy atom. The first-order valence-electron chi connectivity index (χ1n) is 10.1. The van der Waals surface area contributed by atoms with E-state index >= 15 is 0 Å². The van der Waals surface area contributed by atoms with Gasteiger partial charge in [-0.15, -0.1) is 23.1 Å². The van der Waals surface area contributed by atoms with E-state index in [9.17, 15) is 4.79 Å². The smallest absolute Gasteiger partial charge is 0.319 e. The van der Waals surface area contributed by atoms with Gasteiger partial charge < -0.3 is 9.64 Å². The molecule has 0 radical (unpaired) electrons.